The van der Waals surface area contributed by atoms with Crippen LogP contribution in [0.5, 0.6) is 0 Å². The quantitative estimate of drug-likeness (QED) is 0.504. The number of hydrogen-bond donors (Lipinski definition) is 3. The molecule has 0 aliphatic heterocycles. The van der Waals surface area contributed by atoms with Crippen molar-refractivity contribution < 1.29 is 24.2 Å². The molecule has 0 saturated carbocycles. The van der Waals surface area contributed by atoms with Crippen LogP contribution in [0.2, 0.25) is 0 Å². The SMILES string of the molecule is Cc1cc(N)c2oc(C)c(C)c2c1C.O=C(O)C(=O)O. The van der Waals surface area contributed by atoms with E-state index in [9.17, 15) is 0 Å². The summed E-state index contributed by atoms with van der Waals surface area (Å²) in [6.45, 7) is 8.24. The van der Waals surface area contributed by atoms with Crippen LogP contribution in [0.15, 0.2) is 10.5 Å². The lowest BCUT2D eigenvalue weighted by Crippen LogP contribution is -2.09. The lowest BCUT2D eigenvalue weighted by molar-refractivity contribution is -0.159. The first-order valence-electron chi connectivity index (χ1n) is 5.88. The molecule has 6 nitrogen and oxygen atoms in total. The zero-order valence-electron chi connectivity index (χ0n) is 11.8. The van der Waals surface area contributed by atoms with E-state index in [-0.39, 0.29) is 0 Å². The second-order valence-corrected chi connectivity index (χ2v) is 4.51. The van der Waals surface area contributed by atoms with Crippen molar-refractivity contribution in [1.29, 1.82) is 0 Å². The van der Waals surface area contributed by atoms with Gasteiger partial charge in [-0.25, -0.2) is 9.59 Å². The van der Waals surface area contributed by atoms with Crippen molar-refractivity contribution in [3.8, 4) is 0 Å². The van der Waals surface area contributed by atoms with Crippen molar-refractivity contribution in [3.05, 3.63) is 28.5 Å². The molecule has 2 rings (SSSR count). The summed E-state index contributed by atoms with van der Waals surface area (Å²) in [5.41, 5.74) is 11.2. The van der Waals surface area contributed by atoms with E-state index in [1.165, 1.54) is 22.1 Å². The summed E-state index contributed by atoms with van der Waals surface area (Å²) < 4.78 is 5.64. The van der Waals surface area contributed by atoms with Gasteiger partial charge in [-0.1, -0.05) is 0 Å². The van der Waals surface area contributed by atoms with E-state index in [0.29, 0.717) is 0 Å². The number of hydrogen-bond acceptors (Lipinski definition) is 4. The van der Waals surface area contributed by atoms with E-state index < -0.39 is 11.9 Å². The van der Waals surface area contributed by atoms with E-state index in [0.717, 1.165) is 17.0 Å². The van der Waals surface area contributed by atoms with Gasteiger partial charge < -0.3 is 20.4 Å². The molecule has 0 radical (unpaired) electrons. The molecule has 0 bridgehead atoms. The Kier molecular flexibility index (Phi) is 4.39. The van der Waals surface area contributed by atoms with Gasteiger partial charge in [-0.05, 0) is 50.5 Å². The van der Waals surface area contributed by atoms with E-state index in [1.54, 1.807) is 0 Å². The van der Waals surface area contributed by atoms with Crippen LogP contribution in [0.3, 0.4) is 0 Å². The number of carbonyl (C=O) groups is 2. The van der Waals surface area contributed by atoms with Gasteiger partial charge in [0.05, 0.1) is 5.69 Å². The van der Waals surface area contributed by atoms with Crippen molar-refractivity contribution in [3.63, 3.8) is 0 Å². The number of carboxylic acids is 2. The number of rotatable bonds is 0. The molecule has 1 heterocycles. The van der Waals surface area contributed by atoms with Gasteiger partial charge in [0.2, 0.25) is 0 Å². The van der Waals surface area contributed by atoms with Crippen LogP contribution in [-0.4, -0.2) is 22.2 Å². The molecule has 0 unspecified atom stereocenters. The zero-order chi connectivity index (χ0) is 15.6. The average molecular weight is 279 g/mol. The molecule has 6 heteroatoms. The second kappa shape index (κ2) is 5.64. The van der Waals surface area contributed by atoms with Crippen molar-refractivity contribution in [2.24, 2.45) is 0 Å². The minimum atomic E-state index is -1.82. The highest BCUT2D eigenvalue weighted by molar-refractivity contribution is 6.27. The van der Waals surface area contributed by atoms with Gasteiger partial charge in [0.25, 0.3) is 0 Å². The first-order valence-corrected chi connectivity index (χ1v) is 5.88. The first kappa shape index (κ1) is 15.6. The monoisotopic (exact) mass is 279 g/mol. The third kappa shape index (κ3) is 2.90. The molecule has 0 aliphatic rings. The number of anilines is 1. The summed E-state index contributed by atoms with van der Waals surface area (Å²) in [7, 11) is 0. The highest BCUT2D eigenvalue weighted by Gasteiger charge is 2.13. The van der Waals surface area contributed by atoms with Gasteiger partial charge >= 0.3 is 11.9 Å². The van der Waals surface area contributed by atoms with Gasteiger partial charge in [0, 0.05) is 5.39 Å². The van der Waals surface area contributed by atoms with Gasteiger partial charge in [0.15, 0.2) is 5.58 Å². The molecule has 1 aromatic carbocycles. The van der Waals surface area contributed by atoms with Gasteiger partial charge in [-0.2, -0.15) is 0 Å². The zero-order valence-corrected chi connectivity index (χ0v) is 11.8. The Balaban J connectivity index is 0.000000286. The summed E-state index contributed by atoms with van der Waals surface area (Å²) in [5.74, 6) is -2.69. The third-order valence-corrected chi connectivity index (χ3v) is 3.17. The fourth-order valence-electron chi connectivity index (χ4n) is 1.89. The van der Waals surface area contributed by atoms with Crippen molar-refractivity contribution in [2.75, 3.05) is 5.73 Å². The molecular formula is C14H17NO5. The summed E-state index contributed by atoms with van der Waals surface area (Å²) in [4.78, 5) is 18.2. The number of aliphatic carboxylic acids is 2. The Hall–Kier alpha value is -2.50. The van der Waals surface area contributed by atoms with Crippen LogP contribution in [0.1, 0.15) is 22.5 Å². The van der Waals surface area contributed by atoms with Crippen LogP contribution in [0.25, 0.3) is 11.0 Å². The smallest absolute Gasteiger partial charge is 0.414 e. The van der Waals surface area contributed by atoms with Crippen LogP contribution in [0, 0.1) is 27.7 Å². The number of nitrogens with two attached hydrogens (primary N) is 1. The largest absolute Gasteiger partial charge is 0.473 e. The topological polar surface area (TPSA) is 114 Å². The number of carboxylic acid groups (broad SMARTS) is 2. The van der Waals surface area contributed by atoms with Crippen molar-refractivity contribution in [1.82, 2.24) is 0 Å². The van der Waals surface area contributed by atoms with Crippen LogP contribution in [0.4, 0.5) is 5.69 Å². The number of fused-ring (bicyclic) bond motifs is 1. The minimum Gasteiger partial charge on any atom is -0.473 e. The molecule has 0 amide bonds. The van der Waals surface area contributed by atoms with E-state index in [2.05, 4.69) is 20.8 Å². The van der Waals surface area contributed by atoms with Gasteiger partial charge in [0.1, 0.15) is 5.76 Å². The minimum absolute atomic E-state index is 0.735. The maximum Gasteiger partial charge on any atom is 0.414 e. The highest BCUT2D eigenvalue weighted by Crippen LogP contribution is 2.33. The first-order chi connectivity index (χ1) is 9.16. The fourth-order valence-corrected chi connectivity index (χ4v) is 1.89. The van der Waals surface area contributed by atoms with Gasteiger partial charge in [-0.15, -0.1) is 0 Å². The molecule has 2 aromatic rings. The Labute approximate surface area is 115 Å². The number of nitrogen functional groups attached to an aromatic ring is 1. The molecule has 0 aliphatic carbocycles. The Bertz CT molecular complexity index is 673. The maximum atomic E-state index is 9.10. The molecule has 0 spiro atoms. The predicted octanol–water partition coefficient (Wildman–Crippen LogP) is 2.40. The van der Waals surface area contributed by atoms with Crippen LogP contribution in [-0.2, 0) is 9.59 Å². The lowest BCUT2D eigenvalue weighted by atomic mass is 10.0. The number of benzene rings is 1. The standard InChI is InChI=1S/C12H15NO.C2H2O4/c1-6-5-10(13)12-11(7(6)2)8(3)9(4)14-12;3-1(4)2(5)6/h5H,13H2,1-4H3;(H,3,4)(H,5,6). The molecular weight excluding hydrogens is 262 g/mol. The molecule has 108 valence electrons. The van der Waals surface area contributed by atoms with Crippen molar-refractivity contribution in [2.45, 2.75) is 27.7 Å². The summed E-state index contributed by atoms with van der Waals surface area (Å²) in [5, 5.41) is 16.0. The maximum absolute atomic E-state index is 9.10. The van der Waals surface area contributed by atoms with E-state index in [4.69, 9.17) is 30.0 Å². The molecule has 1 aromatic heterocycles. The fraction of sp³-hybridized carbons (Fsp3) is 0.286. The molecule has 0 atom stereocenters. The van der Waals surface area contributed by atoms with Crippen LogP contribution < -0.4 is 5.73 Å². The Morgan fingerprint density at radius 1 is 1.05 bits per heavy atom. The molecule has 0 saturated heterocycles. The summed E-state index contributed by atoms with van der Waals surface area (Å²) >= 11 is 0. The number of furan rings is 1. The second-order valence-electron chi connectivity index (χ2n) is 4.51. The Morgan fingerprint density at radius 2 is 1.55 bits per heavy atom. The summed E-state index contributed by atoms with van der Waals surface area (Å²) in [6, 6.07) is 1.97. The molecule has 4 N–H and O–H groups in total. The van der Waals surface area contributed by atoms with Crippen LogP contribution >= 0.6 is 0 Å². The summed E-state index contributed by atoms with van der Waals surface area (Å²) in [6.07, 6.45) is 0. The van der Waals surface area contributed by atoms with Crippen molar-refractivity contribution >= 4 is 28.6 Å². The van der Waals surface area contributed by atoms with E-state index >= 15 is 0 Å². The molecule has 0 fully saturated rings. The normalized spacial score (nSPS) is 10.0. The Morgan fingerprint density at radius 3 is 2.00 bits per heavy atom. The number of aryl methyl sites for hydroxylation is 4. The third-order valence-electron chi connectivity index (χ3n) is 3.17. The lowest BCUT2D eigenvalue weighted by Gasteiger charge is -2.04. The predicted molar refractivity (Wildman–Crippen MR) is 74.8 cm³/mol. The van der Waals surface area contributed by atoms with E-state index in [1.807, 2.05) is 13.0 Å². The molecule has 20 heavy (non-hydrogen) atoms. The van der Waals surface area contributed by atoms with Gasteiger partial charge in [-0.3, -0.25) is 0 Å². The highest BCUT2D eigenvalue weighted by atomic mass is 16.4. The average Bonchev–Trinajstić information content (AvgIpc) is 2.65.